The van der Waals surface area contributed by atoms with E-state index in [-0.39, 0.29) is 24.0 Å². The van der Waals surface area contributed by atoms with Crippen LogP contribution in [0.2, 0.25) is 0 Å². The lowest BCUT2D eigenvalue weighted by atomic mass is 9.98. The lowest BCUT2D eigenvalue weighted by molar-refractivity contribution is -0.141. The minimum absolute atomic E-state index is 0.0905. The number of rotatable bonds is 4. The van der Waals surface area contributed by atoms with Gasteiger partial charge in [0.25, 0.3) is 0 Å². The molecule has 1 aromatic carbocycles. The third-order valence-electron chi connectivity index (χ3n) is 7.45. The van der Waals surface area contributed by atoms with Gasteiger partial charge in [-0.1, -0.05) is 12.1 Å². The van der Waals surface area contributed by atoms with Crippen molar-refractivity contribution in [3.8, 4) is 17.6 Å². The first kappa shape index (κ1) is 22.6. The van der Waals surface area contributed by atoms with Gasteiger partial charge in [-0.15, -0.1) is 5.10 Å². The number of nitriles is 1. The predicted molar refractivity (Wildman–Crippen MR) is 126 cm³/mol. The van der Waals surface area contributed by atoms with Gasteiger partial charge in [-0.05, 0) is 52.6 Å². The van der Waals surface area contributed by atoms with Gasteiger partial charge in [0, 0.05) is 31.9 Å². The molecule has 0 saturated carbocycles. The molecule has 1 aliphatic carbocycles. The average molecular weight is 487 g/mol. The number of methoxy groups -OCH3 is 1. The highest BCUT2D eigenvalue weighted by Gasteiger charge is 2.39. The summed E-state index contributed by atoms with van der Waals surface area (Å²) in [6.45, 7) is 3.46. The molecule has 0 radical (unpaired) electrons. The summed E-state index contributed by atoms with van der Waals surface area (Å²) in [6.07, 6.45) is 2.96. The molecule has 11 heteroatoms. The summed E-state index contributed by atoms with van der Waals surface area (Å²) in [5.74, 6) is 1.23. The number of aryl methyl sites for hydroxylation is 1. The lowest BCUT2D eigenvalue weighted by Gasteiger charge is -2.46. The Morgan fingerprint density at radius 3 is 2.94 bits per heavy atom. The Kier molecular flexibility index (Phi) is 5.83. The zero-order chi connectivity index (χ0) is 24.6. The molecule has 3 aromatic rings. The number of ether oxygens (including phenoxy) is 2. The number of benzene rings is 1. The van der Waals surface area contributed by atoms with Crippen molar-refractivity contribution < 1.29 is 14.3 Å². The molecule has 1 amide bonds. The molecule has 2 saturated heterocycles. The Morgan fingerprint density at radius 1 is 1.22 bits per heavy atom. The molecule has 4 heterocycles. The third-order valence-corrected chi connectivity index (χ3v) is 7.45. The van der Waals surface area contributed by atoms with Gasteiger partial charge < -0.3 is 14.4 Å². The number of hydrogen-bond acceptors (Lipinski definition) is 9. The normalized spacial score (nSPS) is 23.6. The van der Waals surface area contributed by atoms with Crippen molar-refractivity contribution >= 4 is 5.91 Å². The van der Waals surface area contributed by atoms with E-state index in [4.69, 9.17) is 14.5 Å². The second-order valence-electron chi connectivity index (χ2n) is 9.38. The van der Waals surface area contributed by atoms with Crippen molar-refractivity contribution in [1.82, 2.24) is 35.0 Å². The number of piperazine rings is 1. The first-order chi connectivity index (χ1) is 17.6. The summed E-state index contributed by atoms with van der Waals surface area (Å²) in [4.78, 5) is 22.6. The van der Waals surface area contributed by atoms with E-state index in [1.165, 1.54) is 11.0 Å². The Bertz CT molecular complexity index is 1320. The van der Waals surface area contributed by atoms with E-state index in [2.05, 4.69) is 26.5 Å². The zero-order valence-electron chi connectivity index (χ0n) is 19.9. The van der Waals surface area contributed by atoms with Crippen LogP contribution < -0.4 is 4.74 Å². The SMILES string of the molecule is COc1cc([C@H]2CN3CCN(C(=O)C4CCc5nc(-n6cnnn6)ccc54)C[C@H]3CO2)ccc1C#N. The number of carbonyl (C=O) groups excluding carboxylic acids is 1. The standard InChI is InChI=1S/C25H26N8O3/c1-35-22-10-16(2-3-17(22)11-26)23-13-31-8-9-32(12-18(31)14-36-23)25(34)20-4-6-21-19(20)5-7-24(28-21)33-15-27-29-30-33/h2-3,5,7,10,15,18,20,23H,4,6,8-9,12-14H2,1H3/t18-,20?,23+/m0/s1. The van der Waals surface area contributed by atoms with E-state index >= 15 is 0 Å². The van der Waals surface area contributed by atoms with E-state index in [9.17, 15) is 10.1 Å². The van der Waals surface area contributed by atoms with Crippen LogP contribution in [0.4, 0.5) is 0 Å². The van der Waals surface area contributed by atoms with Gasteiger partial charge in [0.2, 0.25) is 5.91 Å². The Labute approximate surface area is 208 Å². The minimum Gasteiger partial charge on any atom is -0.495 e. The third kappa shape index (κ3) is 3.98. The molecule has 2 aromatic heterocycles. The molecule has 2 aliphatic heterocycles. The number of carbonyl (C=O) groups is 1. The smallest absolute Gasteiger partial charge is 0.230 e. The Morgan fingerprint density at radius 2 is 2.14 bits per heavy atom. The summed E-state index contributed by atoms with van der Waals surface area (Å²) in [5.41, 5.74) is 3.46. The molecule has 36 heavy (non-hydrogen) atoms. The van der Waals surface area contributed by atoms with E-state index in [1.807, 2.05) is 29.2 Å². The number of pyridine rings is 1. The topological polar surface area (TPSA) is 122 Å². The number of aromatic nitrogens is 5. The van der Waals surface area contributed by atoms with Gasteiger partial charge in [0.15, 0.2) is 5.82 Å². The van der Waals surface area contributed by atoms with Gasteiger partial charge in [0.05, 0.1) is 37.3 Å². The fraction of sp³-hybridized carbons (Fsp3) is 0.440. The van der Waals surface area contributed by atoms with Crippen molar-refractivity contribution in [2.24, 2.45) is 0 Å². The fourth-order valence-electron chi connectivity index (χ4n) is 5.51. The molecule has 2 fully saturated rings. The number of fused-ring (bicyclic) bond motifs is 2. The fourth-order valence-corrected chi connectivity index (χ4v) is 5.51. The first-order valence-electron chi connectivity index (χ1n) is 12.1. The molecule has 1 unspecified atom stereocenters. The lowest BCUT2D eigenvalue weighted by Crippen LogP contribution is -2.60. The molecule has 3 atom stereocenters. The monoisotopic (exact) mass is 486 g/mol. The number of nitrogens with zero attached hydrogens (tertiary/aromatic N) is 8. The summed E-state index contributed by atoms with van der Waals surface area (Å²) < 4.78 is 13.1. The number of tetrazole rings is 1. The van der Waals surface area contributed by atoms with Crippen LogP contribution in [0.15, 0.2) is 36.7 Å². The van der Waals surface area contributed by atoms with Gasteiger partial charge in [-0.2, -0.15) is 9.94 Å². The van der Waals surface area contributed by atoms with Crippen LogP contribution in [-0.4, -0.2) is 86.8 Å². The molecule has 0 bridgehead atoms. The van der Waals surface area contributed by atoms with Gasteiger partial charge >= 0.3 is 0 Å². The van der Waals surface area contributed by atoms with Gasteiger partial charge in [-0.25, -0.2) is 4.98 Å². The van der Waals surface area contributed by atoms with Crippen LogP contribution >= 0.6 is 0 Å². The van der Waals surface area contributed by atoms with Crippen LogP contribution in [0.3, 0.4) is 0 Å². The number of amides is 1. The minimum atomic E-state index is -0.162. The molecule has 184 valence electrons. The van der Waals surface area contributed by atoms with Crippen molar-refractivity contribution in [2.45, 2.75) is 30.9 Å². The molecule has 11 nitrogen and oxygen atoms in total. The van der Waals surface area contributed by atoms with E-state index < -0.39 is 0 Å². The van der Waals surface area contributed by atoms with Crippen LogP contribution in [-0.2, 0) is 16.0 Å². The van der Waals surface area contributed by atoms with E-state index in [1.54, 1.807) is 13.2 Å². The van der Waals surface area contributed by atoms with Gasteiger partial charge in [0.1, 0.15) is 18.1 Å². The molecule has 0 N–H and O–H groups in total. The van der Waals surface area contributed by atoms with Crippen molar-refractivity contribution in [3.63, 3.8) is 0 Å². The number of hydrogen-bond donors (Lipinski definition) is 0. The highest BCUT2D eigenvalue weighted by atomic mass is 16.5. The van der Waals surface area contributed by atoms with Crippen LogP contribution in [0.1, 0.15) is 40.8 Å². The van der Waals surface area contributed by atoms with Crippen molar-refractivity contribution in [3.05, 3.63) is 59.0 Å². The Balaban J connectivity index is 1.11. The van der Waals surface area contributed by atoms with Crippen LogP contribution in [0.5, 0.6) is 5.75 Å². The highest BCUT2D eigenvalue weighted by Crippen LogP contribution is 2.35. The second kappa shape index (κ2) is 9.29. The van der Waals surface area contributed by atoms with Gasteiger partial charge in [-0.3, -0.25) is 9.69 Å². The van der Waals surface area contributed by atoms with E-state index in [0.29, 0.717) is 36.8 Å². The summed E-state index contributed by atoms with van der Waals surface area (Å²) in [5, 5.41) is 20.5. The predicted octanol–water partition coefficient (Wildman–Crippen LogP) is 1.25. The Hall–Kier alpha value is -3.88. The zero-order valence-corrected chi connectivity index (χ0v) is 19.9. The average Bonchev–Trinajstić information content (AvgIpc) is 3.62. The maximum Gasteiger partial charge on any atom is 0.230 e. The van der Waals surface area contributed by atoms with Crippen LogP contribution in [0, 0.1) is 11.3 Å². The largest absolute Gasteiger partial charge is 0.495 e. The van der Waals surface area contributed by atoms with Crippen molar-refractivity contribution in [2.75, 3.05) is 39.9 Å². The maximum atomic E-state index is 13.5. The first-order valence-corrected chi connectivity index (χ1v) is 12.1. The molecular formula is C25H26N8O3. The van der Waals surface area contributed by atoms with Crippen molar-refractivity contribution in [1.29, 1.82) is 5.26 Å². The summed E-state index contributed by atoms with van der Waals surface area (Å²) >= 11 is 0. The molecule has 0 spiro atoms. The molecule has 3 aliphatic rings. The summed E-state index contributed by atoms with van der Waals surface area (Å²) in [7, 11) is 1.57. The molecular weight excluding hydrogens is 460 g/mol. The summed E-state index contributed by atoms with van der Waals surface area (Å²) in [6, 6.07) is 11.8. The second-order valence-corrected chi connectivity index (χ2v) is 9.38. The highest BCUT2D eigenvalue weighted by molar-refractivity contribution is 5.85. The van der Waals surface area contributed by atoms with Crippen LogP contribution in [0.25, 0.3) is 5.82 Å². The molecule has 6 rings (SSSR count). The van der Waals surface area contributed by atoms with E-state index in [0.717, 1.165) is 42.8 Å². The quantitative estimate of drug-likeness (QED) is 0.536. The number of morpholine rings is 1. The maximum absolute atomic E-state index is 13.5.